The summed E-state index contributed by atoms with van der Waals surface area (Å²) in [7, 11) is 0. The van der Waals surface area contributed by atoms with E-state index in [1.165, 1.54) is 42.5 Å². The Kier molecular flexibility index (Phi) is 4.61. The van der Waals surface area contributed by atoms with Crippen LogP contribution < -0.4 is 0 Å². The fraction of sp³-hybridized carbons (Fsp3) is 0.0625. The predicted molar refractivity (Wildman–Crippen MR) is 84.3 cm³/mol. The molecule has 0 fully saturated rings. The summed E-state index contributed by atoms with van der Waals surface area (Å²) in [6.07, 6.45) is 2.74. The summed E-state index contributed by atoms with van der Waals surface area (Å²) in [5, 5.41) is 21.4. The third kappa shape index (κ3) is 3.85. The maximum absolute atomic E-state index is 12.0. The molecule has 0 N–H and O–H groups in total. The van der Waals surface area contributed by atoms with E-state index in [4.69, 9.17) is 0 Å². The maximum atomic E-state index is 12.0. The number of non-ortho nitro benzene ring substituents is 1. The highest BCUT2D eigenvalue weighted by atomic mass is 16.6. The Labute approximate surface area is 131 Å². The summed E-state index contributed by atoms with van der Waals surface area (Å²) in [5.74, 6) is -0.344. The average molecular weight is 312 g/mol. The summed E-state index contributed by atoms with van der Waals surface area (Å²) in [5.41, 5.74) is 1.24. The van der Waals surface area contributed by atoms with Gasteiger partial charge in [-0.05, 0) is 30.7 Å². The van der Waals surface area contributed by atoms with Gasteiger partial charge < -0.3 is 0 Å². The van der Waals surface area contributed by atoms with Crippen molar-refractivity contribution >= 4 is 23.2 Å². The summed E-state index contributed by atoms with van der Waals surface area (Å²) >= 11 is 0. The molecule has 2 aromatic carbocycles. The Balaban J connectivity index is 2.19. The highest BCUT2D eigenvalue weighted by Gasteiger charge is 2.10. The number of allylic oxidation sites excluding steroid dienone is 1. The van der Waals surface area contributed by atoms with Gasteiger partial charge in [-0.25, -0.2) is 0 Å². The molecule has 0 radical (unpaired) electrons. The molecule has 0 aromatic heterocycles. The molecule has 0 spiro atoms. The Morgan fingerprint density at radius 3 is 2.22 bits per heavy atom. The average Bonchev–Trinajstić information content (AvgIpc) is 2.53. The standard InChI is InChI=1S/C16H12N2O5/c1-11-2-3-12(10-15(11)18(22)23)4-9-16(19)13-5-7-14(8-6-13)17(20)21/h2-10H,1H3/b9-4+. The van der Waals surface area contributed by atoms with Crippen molar-refractivity contribution in [2.75, 3.05) is 0 Å². The van der Waals surface area contributed by atoms with E-state index in [0.717, 1.165) is 0 Å². The molecule has 0 aliphatic rings. The number of hydrogen-bond donors (Lipinski definition) is 0. The molecule has 0 amide bonds. The Hall–Kier alpha value is -3.35. The minimum atomic E-state index is -0.546. The third-order valence-electron chi connectivity index (χ3n) is 3.22. The lowest BCUT2D eigenvalue weighted by Crippen LogP contribution is -1.95. The van der Waals surface area contributed by atoms with Crippen LogP contribution in [0.4, 0.5) is 11.4 Å². The Bertz CT molecular complexity index is 810. The van der Waals surface area contributed by atoms with Crippen molar-refractivity contribution in [3.8, 4) is 0 Å². The first-order chi connectivity index (χ1) is 10.9. The number of aryl methyl sites for hydroxylation is 1. The van der Waals surface area contributed by atoms with E-state index < -0.39 is 9.85 Å². The van der Waals surface area contributed by atoms with E-state index >= 15 is 0 Å². The van der Waals surface area contributed by atoms with Crippen molar-refractivity contribution in [3.05, 3.63) is 85.5 Å². The number of benzene rings is 2. The quantitative estimate of drug-likeness (QED) is 0.362. The molecule has 7 heteroatoms. The lowest BCUT2D eigenvalue weighted by Gasteiger charge is -1.99. The molecule has 116 valence electrons. The monoisotopic (exact) mass is 312 g/mol. The second-order valence-electron chi connectivity index (χ2n) is 4.80. The van der Waals surface area contributed by atoms with E-state index in [0.29, 0.717) is 16.7 Å². The van der Waals surface area contributed by atoms with Crippen LogP contribution in [0.25, 0.3) is 6.08 Å². The first-order valence-electron chi connectivity index (χ1n) is 6.60. The topological polar surface area (TPSA) is 103 Å². The molecule has 0 unspecified atom stereocenters. The molecule has 0 atom stereocenters. The van der Waals surface area contributed by atoms with Crippen molar-refractivity contribution in [2.45, 2.75) is 6.92 Å². The molecular weight excluding hydrogens is 300 g/mol. The van der Waals surface area contributed by atoms with Crippen LogP contribution in [0.3, 0.4) is 0 Å². The molecule has 0 saturated heterocycles. The second kappa shape index (κ2) is 6.61. The first-order valence-corrected chi connectivity index (χ1v) is 6.60. The third-order valence-corrected chi connectivity index (χ3v) is 3.22. The van der Waals surface area contributed by atoms with Gasteiger partial charge in [0.2, 0.25) is 0 Å². The van der Waals surface area contributed by atoms with Gasteiger partial charge in [0.05, 0.1) is 9.85 Å². The Morgan fingerprint density at radius 1 is 1.00 bits per heavy atom. The van der Waals surface area contributed by atoms with Crippen LogP contribution in [0.1, 0.15) is 21.5 Å². The van der Waals surface area contributed by atoms with E-state index in [9.17, 15) is 25.0 Å². The van der Waals surface area contributed by atoms with Gasteiger partial charge in [0.15, 0.2) is 5.78 Å². The minimum absolute atomic E-state index is 0.0186. The highest BCUT2D eigenvalue weighted by Crippen LogP contribution is 2.20. The molecule has 0 heterocycles. The fourth-order valence-corrected chi connectivity index (χ4v) is 1.94. The van der Waals surface area contributed by atoms with E-state index in [1.807, 2.05) is 0 Å². The molecule has 2 rings (SSSR count). The number of rotatable bonds is 5. The van der Waals surface area contributed by atoms with Crippen molar-refractivity contribution < 1.29 is 14.6 Å². The lowest BCUT2D eigenvalue weighted by molar-refractivity contribution is -0.385. The Morgan fingerprint density at radius 2 is 1.65 bits per heavy atom. The van der Waals surface area contributed by atoms with Crippen molar-refractivity contribution in [2.24, 2.45) is 0 Å². The molecule has 23 heavy (non-hydrogen) atoms. The van der Waals surface area contributed by atoms with Crippen molar-refractivity contribution in [3.63, 3.8) is 0 Å². The molecule has 0 bridgehead atoms. The smallest absolute Gasteiger partial charge is 0.272 e. The van der Waals surface area contributed by atoms with Gasteiger partial charge in [0.25, 0.3) is 11.4 Å². The molecule has 2 aromatic rings. The predicted octanol–water partition coefficient (Wildman–Crippen LogP) is 3.71. The van der Waals surface area contributed by atoms with Crippen LogP contribution in [-0.4, -0.2) is 15.6 Å². The van der Waals surface area contributed by atoms with Gasteiger partial charge in [-0.1, -0.05) is 18.2 Å². The van der Waals surface area contributed by atoms with Crippen LogP contribution in [0.2, 0.25) is 0 Å². The highest BCUT2D eigenvalue weighted by molar-refractivity contribution is 6.06. The lowest BCUT2D eigenvalue weighted by atomic mass is 10.1. The zero-order valence-electron chi connectivity index (χ0n) is 12.1. The largest absolute Gasteiger partial charge is 0.289 e. The number of nitro benzene ring substituents is 2. The second-order valence-corrected chi connectivity index (χ2v) is 4.80. The van der Waals surface area contributed by atoms with Gasteiger partial charge in [0, 0.05) is 29.3 Å². The van der Waals surface area contributed by atoms with Gasteiger partial charge in [-0.15, -0.1) is 0 Å². The molecule has 0 aliphatic carbocycles. The van der Waals surface area contributed by atoms with E-state index in [-0.39, 0.29) is 17.2 Å². The first kappa shape index (κ1) is 16.0. The van der Waals surface area contributed by atoms with Crippen LogP contribution in [0.5, 0.6) is 0 Å². The van der Waals surface area contributed by atoms with Gasteiger partial charge in [-0.2, -0.15) is 0 Å². The van der Waals surface area contributed by atoms with E-state index in [2.05, 4.69) is 0 Å². The van der Waals surface area contributed by atoms with Crippen LogP contribution in [0, 0.1) is 27.2 Å². The molecular formula is C16H12N2O5. The number of ketones is 1. The van der Waals surface area contributed by atoms with Gasteiger partial charge in [0.1, 0.15) is 0 Å². The summed E-state index contributed by atoms with van der Waals surface area (Å²) < 4.78 is 0. The number of nitro groups is 2. The zero-order chi connectivity index (χ0) is 17.0. The minimum Gasteiger partial charge on any atom is -0.289 e. The van der Waals surface area contributed by atoms with Crippen molar-refractivity contribution in [1.82, 2.24) is 0 Å². The number of hydrogen-bond acceptors (Lipinski definition) is 5. The molecule has 7 nitrogen and oxygen atoms in total. The summed E-state index contributed by atoms with van der Waals surface area (Å²) in [6, 6.07) is 9.88. The van der Waals surface area contributed by atoms with Gasteiger partial charge in [-0.3, -0.25) is 25.0 Å². The zero-order valence-corrected chi connectivity index (χ0v) is 12.1. The van der Waals surface area contributed by atoms with Crippen molar-refractivity contribution in [1.29, 1.82) is 0 Å². The number of carbonyl (C=O) groups is 1. The van der Waals surface area contributed by atoms with Gasteiger partial charge >= 0.3 is 0 Å². The van der Waals surface area contributed by atoms with Crippen LogP contribution in [0.15, 0.2) is 48.5 Å². The number of carbonyl (C=O) groups excluding carboxylic acids is 1. The normalized spacial score (nSPS) is 10.7. The molecule has 0 aliphatic heterocycles. The molecule has 0 saturated carbocycles. The van der Waals surface area contributed by atoms with Crippen LogP contribution in [-0.2, 0) is 0 Å². The van der Waals surface area contributed by atoms with E-state index in [1.54, 1.807) is 19.1 Å². The maximum Gasteiger partial charge on any atom is 0.272 e. The fourth-order valence-electron chi connectivity index (χ4n) is 1.94. The summed E-state index contributed by atoms with van der Waals surface area (Å²) in [4.78, 5) is 32.4. The SMILES string of the molecule is Cc1ccc(/C=C/C(=O)c2ccc([N+](=O)[O-])cc2)cc1[N+](=O)[O-]. The summed E-state index contributed by atoms with van der Waals surface area (Å²) in [6.45, 7) is 1.63. The van der Waals surface area contributed by atoms with Crippen LogP contribution >= 0.6 is 0 Å². The number of nitrogens with zero attached hydrogens (tertiary/aromatic N) is 2.